The van der Waals surface area contributed by atoms with Crippen molar-refractivity contribution in [3.63, 3.8) is 0 Å². The molecule has 9 heteroatoms. The summed E-state index contributed by atoms with van der Waals surface area (Å²) in [5.41, 5.74) is 0.717. The van der Waals surface area contributed by atoms with Crippen LogP contribution in [0.2, 0.25) is 0 Å². The second-order valence-corrected chi connectivity index (χ2v) is 7.26. The highest BCUT2D eigenvalue weighted by Crippen LogP contribution is 2.31. The summed E-state index contributed by atoms with van der Waals surface area (Å²) in [5, 5.41) is 14.5. The maximum Gasteiger partial charge on any atom is 0.293 e. The predicted octanol–water partition coefficient (Wildman–Crippen LogP) is 1.02. The van der Waals surface area contributed by atoms with Crippen LogP contribution >= 0.6 is 0 Å². The SMILES string of the molecule is CN(C)C(=O)CN1CCN(C(=O)c2ccc(NC3CC3)c([N+](=O)[O-])c2)CC1. The molecule has 27 heavy (non-hydrogen) atoms. The van der Waals surface area contributed by atoms with E-state index in [1.807, 2.05) is 4.90 Å². The molecule has 1 aliphatic heterocycles. The van der Waals surface area contributed by atoms with Crippen LogP contribution in [0.3, 0.4) is 0 Å². The molecule has 0 bridgehead atoms. The third kappa shape index (κ3) is 4.73. The Morgan fingerprint density at radius 2 is 1.89 bits per heavy atom. The predicted molar refractivity (Wildman–Crippen MR) is 101 cm³/mol. The summed E-state index contributed by atoms with van der Waals surface area (Å²) in [4.78, 5) is 40.7. The van der Waals surface area contributed by atoms with Gasteiger partial charge in [0.05, 0.1) is 11.5 Å². The van der Waals surface area contributed by atoms with Gasteiger partial charge in [-0.15, -0.1) is 0 Å². The van der Waals surface area contributed by atoms with Gasteiger partial charge in [-0.05, 0) is 25.0 Å². The molecule has 0 radical (unpaired) electrons. The lowest BCUT2D eigenvalue weighted by Gasteiger charge is -2.34. The number of piperazine rings is 1. The molecule has 1 heterocycles. The Hall–Kier alpha value is -2.68. The van der Waals surface area contributed by atoms with E-state index in [2.05, 4.69) is 5.32 Å². The van der Waals surface area contributed by atoms with E-state index in [1.54, 1.807) is 36.0 Å². The molecule has 1 saturated heterocycles. The number of nitrogens with zero attached hydrogens (tertiary/aromatic N) is 4. The third-order valence-electron chi connectivity index (χ3n) is 4.90. The van der Waals surface area contributed by atoms with Gasteiger partial charge in [0.2, 0.25) is 5.91 Å². The molecule has 9 nitrogen and oxygen atoms in total. The Morgan fingerprint density at radius 1 is 1.22 bits per heavy atom. The monoisotopic (exact) mass is 375 g/mol. The highest BCUT2D eigenvalue weighted by Gasteiger charge is 2.28. The zero-order valence-electron chi connectivity index (χ0n) is 15.7. The molecule has 1 aromatic carbocycles. The van der Waals surface area contributed by atoms with Crippen molar-refractivity contribution in [2.45, 2.75) is 18.9 Å². The molecular formula is C18H25N5O4. The van der Waals surface area contributed by atoms with Crippen molar-refractivity contribution in [2.24, 2.45) is 0 Å². The molecule has 2 fully saturated rings. The molecule has 2 amide bonds. The van der Waals surface area contributed by atoms with Crippen LogP contribution in [0, 0.1) is 10.1 Å². The molecular weight excluding hydrogens is 350 g/mol. The van der Waals surface area contributed by atoms with Crippen molar-refractivity contribution in [1.82, 2.24) is 14.7 Å². The second-order valence-electron chi connectivity index (χ2n) is 7.26. The average molecular weight is 375 g/mol. The number of hydrogen-bond donors (Lipinski definition) is 1. The van der Waals surface area contributed by atoms with Crippen LogP contribution in [0.15, 0.2) is 18.2 Å². The number of likely N-dealkylation sites (N-methyl/N-ethyl adjacent to an activating group) is 1. The average Bonchev–Trinajstić information content (AvgIpc) is 3.46. The molecule has 2 aliphatic rings. The number of hydrogen-bond acceptors (Lipinski definition) is 6. The van der Waals surface area contributed by atoms with Crippen LogP contribution in [0.25, 0.3) is 0 Å². The lowest BCUT2D eigenvalue weighted by molar-refractivity contribution is -0.384. The van der Waals surface area contributed by atoms with Crippen LogP contribution < -0.4 is 5.32 Å². The smallest absolute Gasteiger partial charge is 0.293 e. The second kappa shape index (κ2) is 7.91. The first-order valence-corrected chi connectivity index (χ1v) is 9.12. The summed E-state index contributed by atoms with van der Waals surface area (Å²) < 4.78 is 0. The summed E-state index contributed by atoms with van der Waals surface area (Å²) >= 11 is 0. The number of benzene rings is 1. The largest absolute Gasteiger partial charge is 0.377 e. The standard InChI is InChI=1S/C18H25N5O4/c1-20(2)17(24)12-21-7-9-22(10-8-21)18(25)13-3-6-15(19-14-4-5-14)16(11-13)23(26)27/h3,6,11,14,19H,4-5,7-10,12H2,1-2H3. The molecule has 1 aromatic rings. The quantitative estimate of drug-likeness (QED) is 0.589. The van der Waals surface area contributed by atoms with Crippen molar-refractivity contribution < 1.29 is 14.5 Å². The first-order valence-electron chi connectivity index (χ1n) is 9.12. The van der Waals surface area contributed by atoms with Gasteiger partial charge in [0, 0.05) is 57.9 Å². The zero-order valence-corrected chi connectivity index (χ0v) is 15.7. The number of amides is 2. The highest BCUT2D eigenvalue weighted by molar-refractivity contribution is 5.96. The Kier molecular flexibility index (Phi) is 5.59. The van der Waals surface area contributed by atoms with Crippen LogP contribution in [0.5, 0.6) is 0 Å². The minimum Gasteiger partial charge on any atom is -0.377 e. The summed E-state index contributed by atoms with van der Waals surface area (Å²) in [6.07, 6.45) is 2.02. The van der Waals surface area contributed by atoms with E-state index in [9.17, 15) is 19.7 Å². The number of rotatable bonds is 6. The van der Waals surface area contributed by atoms with Crippen molar-refractivity contribution in [1.29, 1.82) is 0 Å². The van der Waals surface area contributed by atoms with Gasteiger partial charge in [0.1, 0.15) is 5.69 Å². The molecule has 1 saturated carbocycles. The minimum absolute atomic E-state index is 0.0316. The Bertz CT molecular complexity index is 739. The van der Waals surface area contributed by atoms with E-state index in [1.165, 1.54) is 6.07 Å². The number of anilines is 1. The molecule has 0 atom stereocenters. The Labute approximate surface area is 158 Å². The zero-order chi connectivity index (χ0) is 19.6. The van der Waals surface area contributed by atoms with E-state index < -0.39 is 4.92 Å². The van der Waals surface area contributed by atoms with Gasteiger partial charge in [-0.25, -0.2) is 0 Å². The fourth-order valence-electron chi connectivity index (χ4n) is 3.01. The Balaban J connectivity index is 1.63. The molecule has 0 spiro atoms. The number of nitro groups is 1. The van der Waals surface area contributed by atoms with Crippen LogP contribution in [0.4, 0.5) is 11.4 Å². The van der Waals surface area contributed by atoms with Gasteiger partial charge in [0.15, 0.2) is 0 Å². The number of nitrogens with one attached hydrogen (secondary N) is 1. The summed E-state index contributed by atoms with van der Waals surface area (Å²) in [5.74, 6) is -0.182. The summed E-state index contributed by atoms with van der Waals surface area (Å²) in [7, 11) is 3.44. The maximum absolute atomic E-state index is 12.7. The maximum atomic E-state index is 12.7. The van der Waals surface area contributed by atoms with E-state index >= 15 is 0 Å². The molecule has 1 aliphatic carbocycles. The molecule has 3 rings (SSSR count). The van der Waals surface area contributed by atoms with E-state index in [0.717, 1.165) is 12.8 Å². The molecule has 0 unspecified atom stereocenters. The lowest BCUT2D eigenvalue weighted by atomic mass is 10.1. The van der Waals surface area contributed by atoms with E-state index in [0.29, 0.717) is 50.0 Å². The first kappa shape index (κ1) is 19.1. The topological polar surface area (TPSA) is 99.0 Å². The van der Waals surface area contributed by atoms with Crippen molar-refractivity contribution in [3.8, 4) is 0 Å². The fourth-order valence-corrected chi connectivity index (χ4v) is 3.01. The van der Waals surface area contributed by atoms with Gasteiger partial charge < -0.3 is 15.1 Å². The van der Waals surface area contributed by atoms with Crippen LogP contribution in [0.1, 0.15) is 23.2 Å². The van der Waals surface area contributed by atoms with Gasteiger partial charge in [-0.1, -0.05) is 0 Å². The van der Waals surface area contributed by atoms with Crippen LogP contribution in [-0.4, -0.2) is 84.3 Å². The number of carbonyl (C=O) groups is 2. The van der Waals surface area contributed by atoms with Crippen molar-refractivity contribution >= 4 is 23.2 Å². The number of carbonyl (C=O) groups excluding carboxylic acids is 2. The fraction of sp³-hybridized carbons (Fsp3) is 0.556. The number of nitro benzene ring substituents is 1. The normalized spacial score (nSPS) is 17.5. The van der Waals surface area contributed by atoms with Gasteiger partial charge in [-0.2, -0.15) is 0 Å². The first-order chi connectivity index (χ1) is 12.8. The minimum atomic E-state index is -0.452. The Morgan fingerprint density at radius 3 is 2.44 bits per heavy atom. The lowest BCUT2D eigenvalue weighted by Crippen LogP contribution is -2.51. The van der Waals surface area contributed by atoms with Crippen molar-refractivity contribution in [3.05, 3.63) is 33.9 Å². The third-order valence-corrected chi connectivity index (χ3v) is 4.90. The molecule has 1 N–H and O–H groups in total. The van der Waals surface area contributed by atoms with Gasteiger partial charge in [0.25, 0.3) is 11.6 Å². The summed E-state index contributed by atoms with van der Waals surface area (Å²) in [6, 6.07) is 4.91. The molecule has 0 aromatic heterocycles. The van der Waals surface area contributed by atoms with Gasteiger partial charge >= 0.3 is 0 Å². The summed E-state index contributed by atoms with van der Waals surface area (Å²) in [6.45, 7) is 2.54. The van der Waals surface area contributed by atoms with Crippen LogP contribution in [-0.2, 0) is 4.79 Å². The van der Waals surface area contributed by atoms with Crippen molar-refractivity contribution in [2.75, 3.05) is 52.1 Å². The van der Waals surface area contributed by atoms with Gasteiger partial charge in [-0.3, -0.25) is 24.6 Å². The van der Waals surface area contributed by atoms with E-state index in [4.69, 9.17) is 0 Å². The highest BCUT2D eigenvalue weighted by atomic mass is 16.6. The van der Waals surface area contributed by atoms with E-state index in [-0.39, 0.29) is 17.5 Å². The molecule has 146 valence electrons.